The van der Waals surface area contributed by atoms with Gasteiger partial charge in [0.2, 0.25) is 0 Å². The lowest BCUT2D eigenvalue weighted by Crippen LogP contribution is -2.34. The molecule has 0 saturated heterocycles. The summed E-state index contributed by atoms with van der Waals surface area (Å²) in [5.74, 6) is 0. The van der Waals surface area contributed by atoms with Crippen LogP contribution >= 0.6 is 15.9 Å². The van der Waals surface area contributed by atoms with Gasteiger partial charge in [-0.1, -0.05) is 6.42 Å². The lowest BCUT2D eigenvalue weighted by Gasteiger charge is -2.38. The molecule has 1 heterocycles. The Kier molecular flexibility index (Phi) is 2.76. The van der Waals surface area contributed by atoms with Crippen LogP contribution in [0.1, 0.15) is 31.1 Å². The van der Waals surface area contributed by atoms with Crippen LogP contribution < -0.4 is 0 Å². The van der Waals surface area contributed by atoms with Gasteiger partial charge in [0.25, 0.3) is 0 Å². The third-order valence-electron chi connectivity index (χ3n) is 3.02. The van der Waals surface area contributed by atoms with Gasteiger partial charge in [-0.2, -0.15) is 5.26 Å². The Hall–Kier alpha value is -0.920. The molecule has 0 bridgehead atoms. The van der Waals surface area contributed by atoms with Crippen LogP contribution in [0.4, 0.5) is 0 Å². The van der Waals surface area contributed by atoms with E-state index in [1.807, 2.05) is 6.07 Å². The first-order valence-corrected chi connectivity index (χ1v) is 5.68. The smallest absolute Gasteiger partial charge is 0.114 e. The van der Waals surface area contributed by atoms with Crippen LogP contribution in [0.25, 0.3) is 0 Å². The largest absolute Gasteiger partial charge is 0.385 e. The molecule has 1 aliphatic carbocycles. The van der Waals surface area contributed by atoms with E-state index in [0.717, 1.165) is 23.7 Å². The highest BCUT2D eigenvalue weighted by atomic mass is 79.9. The normalized spacial score (nSPS) is 20.1. The number of nitrogens with zero attached hydrogens (tertiary/aromatic N) is 2. The van der Waals surface area contributed by atoms with E-state index in [2.05, 4.69) is 27.0 Å². The highest BCUT2D eigenvalue weighted by Crippen LogP contribution is 2.49. The number of halogens is 1. The van der Waals surface area contributed by atoms with Crippen molar-refractivity contribution >= 4 is 15.9 Å². The van der Waals surface area contributed by atoms with Gasteiger partial charge in [0.15, 0.2) is 0 Å². The van der Waals surface area contributed by atoms with Crippen molar-refractivity contribution in [3.8, 4) is 6.07 Å². The number of nitriles is 1. The van der Waals surface area contributed by atoms with E-state index in [0.29, 0.717) is 5.69 Å². The first-order chi connectivity index (χ1) is 7.18. The van der Waals surface area contributed by atoms with E-state index < -0.39 is 11.5 Å². The Balaban J connectivity index is 2.24. The summed E-state index contributed by atoms with van der Waals surface area (Å²) in [6, 6.07) is 5.81. The van der Waals surface area contributed by atoms with Gasteiger partial charge in [0, 0.05) is 10.7 Å². The molecule has 1 aliphatic rings. The van der Waals surface area contributed by atoms with Crippen LogP contribution in [0.15, 0.2) is 22.8 Å². The van der Waals surface area contributed by atoms with Crippen LogP contribution in [0.3, 0.4) is 0 Å². The van der Waals surface area contributed by atoms with Crippen molar-refractivity contribution in [2.75, 3.05) is 0 Å². The fourth-order valence-electron chi connectivity index (χ4n) is 1.84. The second-order valence-corrected chi connectivity index (χ2v) is 4.84. The number of aliphatic hydroxyl groups excluding tert-OH is 1. The molecule has 1 atom stereocenters. The number of aromatic nitrogens is 1. The fourth-order valence-corrected chi connectivity index (χ4v) is 2.07. The molecule has 0 aliphatic heterocycles. The highest BCUT2D eigenvalue weighted by Gasteiger charge is 2.45. The molecule has 0 aromatic carbocycles. The molecular weight excluding hydrogens is 256 g/mol. The van der Waals surface area contributed by atoms with E-state index in [1.165, 1.54) is 0 Å². The van der Waals surface area contributed by atoms with Gasteiger partial charge in [-0.05, 0) is 40.9 Å². The average molecular weight is 267 g/mol. The summed E-state index contributed by atoms with van der Waals surface area (Å²) in [5.41, 5.74) is -0.0136. The van der Waals surface area contributed by atoms with E-state index in [-0.39, 0.29) is 0 Å². The van der Waals surface area contributed by atoms with Gasteiger partial charge in [0.05, 0.1) is 17.2 Å². The van der Waals surface area contributed by atoms with Gasteiger partial charge >= 0.3 is 0 Å². The standard InChI is InChI=1S/C11H11BrN2O/c12-8-2-3-9(14-6-8)10(15)11(7-13)4-1-5-11/h2-3,6,10,15H,1,4-5H2. The quantitative estimate of drug-likeness (QED) is 0.895. The SMILES string of the molecule is N#CC1(C(O)c2ccc(Br)cn2)CCC1. The van der Waals surface area contributed by atoms with Gasteiger partial charge in [0.1, 0.15) is 6.10 Å². The maximum absolute atomic E-state index is 10.1. The van der Waals surface area contributed by atoms with Gasteiger partial charge < -0.3 is 5.11 Å². The molecule has 1 unspecified atom stereocenters. The zero-order valence-electron chi connectivity index (χ0n) is 8.15. The summed E-state index contributed by atoms with van der Waals surface area (Å²) in [5, 5.41) is 19.2. The lowest BCUT2D eigenvalue weighted by molar-refractivity contribution is 0.00503. The molecule has 15 heavy (non-hydrogen) atoms. The zero-order valence-corrected chi connectivity index (χ0v) is 9.74. The zero-order chi connectivity index (χ0) is 10.9. The number of pyridine rings is 1. The third-order valence-corrected chi connectivity index (χ3v) is 3.49. The lowest BCUT2D eigenvalue weighted by atomic mass is 9.65. The monoisotopic (exact) mass is 266 g/mol. The van der Waals surface area contributed by atoms with E-state index in [9.17, 15) is 5.11 Å². The summed E-state index contributed by atoms with van der Waals surface area (Å²) in [6.45, 7) is 0. The second kappa shape index (κ2) is 3.92. The molecule has 1 N–H and O–H groups in total. The Morgan fingerprint density at radius 3 is 2.67 bits per heavy atom. The summed E-state index contributed by atoms with van der Waals surface area (Å²) >= 11 is 3.28. The van der Waals surface area contributed by atoms with E-state index >= 15 is 0 Å². The Morgan fingerprint density at radius 2 is 2.27 bits per heavy atom. The van der Waals surface area contributed by atoms with Gasteiger partial charge in [-0.3, -0.25) is 4.98 Å². The maximum atomic E-state index is 10.1. The Morgan fingerprint density at radius 1 is 1.53 bits per heavy atom. The molecule has 2 rings (SSSR count). The van der Waals surface area contributed by atoms with Crippen molar-refractivity contribution in [2.45, 2.75) is 25.4 Å². The Bertz CT molecular complexity index is 392. The topological polar surface area (TPSA) is 56.9 Å². The minimum absolute atomic E-state index is 0.583. The highest BCUT2D eigenvalue weighted by molar-refractivity contribution is 9.10. The summed E-state index contributed by atoms with van der Waals surface area (Å²) in [4.78, 5) is 4.13. The summed E-state index contributed by atoms with van der Waals surface area (Å²) < 4.78 is 0.873. The molecule has 78 valence electrons. The molecule has 1 saturated carbocycles. The molecule has 0 spiro atoms. The van der Waals surface area contributed by atoms with E-state index in [4.69, 9.17) is 5.26 Å². The van der Waals surface area contributed by atoms with Crippen LogP contribution in [0, 0.1) is 16.7 Å². The second-order valence-electron chi connectivity index (χ2n) is 3.93. The van der Waals surface area contributed by atoms with Crippen LogP contribution in [0.5, 0.6) is 0 Å². The number of rotatable bonds is 2. The molecule has 4 heteroatoms. The fraction of sp³-hybridized carbons (Fsp3) is 0.455. The van der Waals surface area contributed by atoms with Crippen LogP contribution in [0.2, 0.25) is 0 Å². The number of hydrogen-bond acceptors (Lipinski definition) is 3. The van der Waals surface area contributed by atoms with Crippen LogP contribution in [-0.2, 0) is 0 Å². The minimum Gasteiger partial charge on any atom is -0.385 e. The van der Waals surface area contributed by atoms with Crippen molar-refractivity contribution in [2.24, 2.45) is 5.41 Å². The van der Waals surface area contributed by atoms with Crippen molar-refractivity contribution in [1.82, 2.24) is 4.98 Å². The van der Waals surface area contributed by atoms with Gasteiger partial charge in [-0.25, -0.2) is 0 Å². The van der Waals surface area contributed by atoms with Crippen molar-refractivity contribution in [3.05, 3.63) is 28.5 Å². The molecule has 3 nitrogen and oxygen atoms in total. The van der Waals surface area contributed by atoms with Crippen molar-refractivity contribution in [1.29, 1.82) is 5.26 Å². The van der Waals surface area contributed by atoms with Crippen molar-refractivity contribution in [3.63, 3.8) is 0 Å². The molecule has 0 amide bonds. The first-order valence-electron chi connectivity index (χ1n) is 4.89. The first kappa shape index (κ1) is 10.6. The summed E-state index contributed by atoms with van der Waals surface area (Å²) in [7, 11) is 0. The molecule has 1 aromatic heterocycles. The molecular formula is C11H11BrN2O. The minimum atomic E-state index is -0.760. The maximum Gasteiger partial charge on any atom is 0.114 e. The molecule has 1 fully saturated rings. The van der Waals surface area contributed by atoms with Gasteiger partial charge in [-0.15, -0.1) is 0 Å². The van der Waals surface area contributed by atoms with E-state index in [1.54, 1.807) is 12.3 Å². The van der Waals surface area contributed by atoms with Crippen molar-refractivity contribution < 1.29 is 5.11 Å². The van der Waals surface area contributed by atoms with Crippen LogP contribution in [-0.4, -0.2) is 10.1 Å². The predicted octanol–water partition coefficient (Wildman–Crippen LogP) is 2.57. The molecule has 1 aromatic rings. The Labute approximate surface area is 96.9 Å². The number of aliphatic hydroxyl groups is 1. The molecule has 0 radical (unpaired) electrons. The predicted molar refractivity (Wildman–Crippen MR) is 58.8 cm³/mol. The third kappa shape index (κ3) is 1.77. The average Bonchev–Trinajstić information content (AvgIpc) is 2.18. The number of hydrogen-bond donors (Lipinski definition) is 1. The summed E-state index contributed by atoms with van der Waals surface area (Å²) in [6.07, 6.45) is 3.43.